The Morgan fingerprint density at radius 2 is 2.14 bits per heavy atom. The summed E-state index contributed by atoms with van der Waals surface area (Å²) in [6.07, 6.45) is 0.350. The van der Waals surface area contributed by atoms with Gasteiger partial charge < -0.3 is 25.0 Å². The predicted molar refractivity (Wildman–Crippen MR) is 80.9 cm³/mol. The highest BCUT2D eigenvalue weighted by Gasteiger charge is 2.33. The fraction of sp³-hybridized carbons (Fsp3) is 0.769. The van der Waals surface area contributed by atoms with Gasteiger partial charge in [-0.25, -0.2) is 0 Å². The van der Waals surface area contributed by atoms with Crippen molar-refractivity contribution in [2.75, 3.05) is 51.1 Å². The van der Waals surface area contributed by atoms with Gasteiger partial charge in [0.25, 0.3) is 0 Å². The molecule has 2 heterocycles. The van der Waals surface area contributed by atoms with Gasteiger partial charge in [-0.1, -0.05) is 0 Å². The summed E-state index contributed by atoms with van der Waals surface area (Å²) in [6, 6.07) is 0.456. The second-order valence-corrected chi connectivity index (χ2v) is 5.43. The van der Waals surface area contributed by atoms with Gasteiger partial charge in [-0.3, -0.25) is 0 Å². The van der Waals surface area contributed by atoms with Gasteiger partial charge in [-0.2, -0.15) is 15.0 Å². The van der Waals surface area contributed by atoms with Crippen LogP contribution >= 0.6 is 0 Å². The van der Waals surface area contributed by atoms with Gasteiger partial charge in [0.15, 0.2) is 0 Å². The van der Waals surface area contributed by atoms with E-state index in [0.29, 0.717) is 24.9 Å². The molecular formula is C13H24N6O2. The first kappa shape index (κ1) is 15.7. The lowest BCUT2D eigenvalue weighted by Crippen LogP contribution is -2.38. The van der Waals surface area contributed by atoms with E-state index in [1.807, 2.05) is 25.9 Å². The summed E-state index contributed by atoms with van der Waals surface area (Å²) in [5.41, 5.74) is 0. The van der Waals surface area contributed by atoms with E-state index in [2.05, 4.69) is 25.2 Å². The molecule has 8 heteroatoms. The van der Waals surface area contributed by atoms with Crippen molar-refractivity contribution in [2.45, 2.75) is 25.5 Å². The Balaban J connectivity index is 2.27. The van der Waals surface area contributed by atoms with E-state index in [4.69, 9.17) is 4.74 Å². The van der Waals surface area contributed by atoms with E-state index in [9.17, 15) is 5.11 Å². The summed E-state index contributed by atoms with van der Waals surface area (Å²) in [5, 5.41) is 13.0. The Morgan fingerprint density at radius 3 is 2.76 bits per heavy atom. The van der Waals surface area contributed by atoms with Crippen molar-refractivity contribution in [3.8, 4) is 6.01 Å². The molecule has 21 heavy (non-hydrogen) atoms. The van der Waals surface area contributed by atoms with Gasteiger partial charge in [0, 0.05) is 25.7 Å². The molecule has 1 aliphatic rings. The second kappa shape index (κ2) is 6.86. The number of nitrogens with one attached hydrogen (secondary N) is 1. The van der Waals surface area contributed by atoms with Crippen LogP contribution in [0.3, 0.4) is 0 Å². The van der Waals surface area contributed by atoms with Crippen LogP contribution in [0.4, 0.5) is 11.9 Å². The molecule has 2 rings (SSSR count). The molecule has 1 aromatic heterocycles. The zero-order chi connectivity index (χ0) is 15.4. The van der Waals surface area contributed by atoms with Crippen molar-refractivity contribution in [3.63, 3.8) is 0 Å². The third kappa shape index (κ3) is 3.92. The molecule has 0 saturated carbocycles. The van der Waals surface area contributed by atoms with Crippen molar-refractivity contribution in [3.05, 3.63) is 0 Å². The minimum absolute atomic E-state index is 0.177. The lowest BCUT2D eigenvalue weighted by atomic mass is 10.2. The lowest BCUT2D eigenvalue weighted by Gasteiger charge is -2.26. The zero-order valence-electron chi connectivity index (χ0n) is 13.1. The lowest BCUT2D eigenvalue weighted by molar-refractivity contribution is 0.191. The highest BCUT2D eigenvalue weighted by Crippen LogP contribution is 2.25. The summed E-state index contributed by atoms with van der Waals surface area (Å²) >= 11 is 0. The number of rotatable bonds is 6. The second-order valence-electron chi connectivity index (χ2n) is 5.43. The third-order valence-corrected chi connectivity index (χ3v) is 3.35. The molecule has 118 valence electrons. The van der Waals surface area contributed by atoms with Crippen molar-refractivity contribution in [2.24, 2.45) is 0 Å². The quantitative estimate of drug-likeness (QED) is 0.747. The van der Waals surface area contributed by atoms with Gasteiger partial charge in [0.05, 0.1) is 13.2 Å². The van der Waals surface area contributed by atoms with Gasteiger partial charge in [0.1, 0.15) is 0 Å². The Hall–Kier alpha value is -1.67. The van der Waals surface area contributed by atoms with E-state index in [-0.39, 0.29) is 18.2 Å². The Kier molecular flexibility index (Phi) is 5.13. The molecule has 1 saturated heterocycles. The highest BCUT2D eigenvalue weighted by molar-refractivity contribution is 5.41. The number of likely N-dealkylation sites (N-methyl/N-ethyl adjacent to an activating group) is 1. The van der Waals surface area contributed by atoms with Crippen LogP contribution < -0.4 is 15.0 Å². The summed E-state index contributed by atoms with van der Waals surface area (Å²) in [5.74, 6) is 1.03. The van der Waals surface area contributed by atoms with Gasteiger partial charge in [-0.15, -0.1) is 0 Å². The SMILES string of the molecule is CCNc1nc(OC)nc(N2CC(O)CC2CN(C)C)n1. The summed E-state index contributed by atoms with van der Waals surface area (Å²) in [7, 11) is 5.56. The molecule has 2 N–H and O–H groups in total. The number of methoxy groups -OCH3 is 1. The molecule has 2 atom stereocenters. The third-order valence-electron chi connectivity index (χ3n) is 3.35. The van der Waals surface area contributed by atoms with E-state index >= 15 is 0 Å². The highest BCUT2D eigenvalue weighted by atomic mass is 16.5. The topological polar surface area (TPSA) is 86.6 Å². The average Bonchev–Trinajstić information content (AvgIpc) is 2.78. The van der Waals surface area contributed by atoms with Crippen molar-refractivity contribution in [1.29, 1.82) is 0 Å². The number of nitrogens with zero attached hydrogens (tertiary/aromatic N) is 5. The Labute approximate surface area is 125 Å². The van der Waals surface area contributed by atoms with E-state index in [0.717, 1.165) is 13.1 Å². The number of anilines is 2. The number of β-amino-alcohol motifs (C(OH)–C–C–N with tert-alkyl or cyclic N) is 1. The van der Waals surface area contributed by atoms with Crippen LogP contribution in [0.2, 0.25) is 0 Å². The monoisotopic (exact) mass is 296 g/mol. The van der Waals surface area contributed by atoms with Crippen molar-refractivity contribution >= 4 is 11.9 Å². The molecule has 1 fully saturated rings. The number of aromatic nitrogens is 3. The smallest absolute Gasteiger partial charge is 0.322 e. The summed E-state index contributed by atoms with van der Waals surface area (Å²) in [6.45, 7) is 4.06. The fourth-order valence-electron chi connectivity index (χ4n) is 2.53. The van der Waals surface area contributed by atoms with Crippen LogP contribution in [0.1, 0.15) is 13.3 Å². The molecule has 1 aliphatic heterocycles. The van der Waals surface area contributed by atoms with Crippen LogP contribution in [0.15, 0.2) is 0 Å². The fourth-order valence-corrected chi connectivity index (χ4v) is 2.53. The first-order valence-corrected chi connectivity index (χ1v) is 7.16. The number of ether oxygens (including phenoxy) is 1. The van der Waals surface area contributed by atoms with E-state index in [1.54, 1.807) is 0 Å². The van der Waals surface area contributed by atoms with Gasteiger partial charge in [0.2, 0.25) is 11.9 Å². The minimum atomic E-state index is -0.361. The van der Waals surface area contributed by atoms with E-state index < -0.39 is 0 Å². The van der Waals surface area contributed by atoms with Crippen LogP contribution in [0.25, 0.3) is 0 Å². The van der Waals surface area contributed by atoms with E-state index in [1.165, 1.54) is 7.11 Å². The van der Waals surface area contributed by atoms with Crippen molar-refractivity contribution < 1.29 is 9.84 Å². The molecule has 0 spiro atoms. The maximum absolute atomic E-state index is 9.97. The Bertz CT molecular complexity index is 470. The van der Waals surface area contributed by atoms with Crippen LogP contribution in [-0.4, -0.2) is 77.9 Å². The normalized spacial score (nSPS) is 21.9. The molecule has 0 bridgehead atoms. The summed E-state index contributed by atoms with van der Waals surface area (Å²) < 4.78 is 5.14. The van der Waals surface area contributed by atoms with Gasteiger partial charge in [-0.05, 0) is 27.4 Å². The molecule has 0 amide bonds. The maximum atomic E-state index is 9.97. The van der Waals surface area contributed by atoms with Crippen molar-refractivity contribution in [1.82, 2.24) is 19.9 Å². The molecule has 2 unspecified atom stereocenters. The number of hydrogen-bond acceptors (Lipinski definition) is 8. The Morgan fingerprint density at radius 1 is 1.38 bits per heavy atom. The minimum Gasteiger partial charge on any atom is -0.467 e. The first-order chi connectivity index (χ1) is 10.0. The van der Waals surface area contributed by atoms with Gasteiger partial charge >= 0.3 is 6.01 Å². The van der Waals surface area contributed by atoms with Crippen LogP contribution in [0.5, 0.6) is 6.01 Å². The molecule has 0 aliphatic carbocycles. The largest absolute Gasteiger partial charge is 0.467 e. The first-order valence-electron chi connectivity index (χ1n) is 7.16. The molecule has 8 nitrogen and oxygen atoms in total. The predicted octanol–water partition coefficient (Wildman–Crippen LogP) is -0.187. The number of aliphatic hydroxyl groups excluding tert-OH is 1. The molecule has 1 aromatic rings. The van der Waals surface area contributed by atoms with Crippen LogP contribution in [0, 0.1) is 0 Å². The standard InChI is InChI=1S/C13H24N6O2/c1-5-14-11-15-12(17-13(16-11)21-4)19-8-10(20)6-9(19)7-18(2)3/h9-10,20H,5-8H2,1-4H3,(H,14,15,16,17). The number of aliphatic hydroxyl groups is 1. The average molecular weight is 296 g/mol. The molecular weight excluding hydrogens is 272 g/mol. The van der Waals surface area contributed by atoms with Crippen LogP contribution in [-0.2, 0) is 0 Å². The molecule has 0 radical (unpaired) electrons. The maximum Gasteiger partial charge on any atom is 0.322 e. The number of hydrogen-bond donors (Lipinski definition) is 2. The summed E-state index contributed by atoms with van der Waals surface area (Å²) in [4.78, 5) is 17.0. The molecule has 0 aromatic carbocycles. The zero-order valence-corrected chi connectivity index (χ0v) is 13.1.